The van der Waals surface area contributed by atoms with E-state index in [-0.39, 0.29) is 12.1 Å². The summed E-state index contributed by atoms with van der Waals surface area (Å²) in [4.78, 5) is 13.4. The first-order valence-electron chi connectivity index (χ1n) is 4.58. The van der Waals surface area contributed by atoms with E-state index in [1.807, 2.05) is 25.2 Å². The van der Waals surface area contributed by atoms with E-state index in [1.54, 1.807) is 11.0 Å². The van der Waals surface area contributed by atoms with Crippen molar-refractivity contribution in [1.82, 2.24) is 10.2 Å². The van der Waals surface area contributed by atoms with Gasteiger partial charge in [-0.25, -0.2) is 0 Å². The summed E-state index contributed by atoms with van der Waals surface area (Å²) >= 11 is 0. The third-order valence-electron chi connectivity index (χ3n) is 2.38. The summed E-state index contributed by atoms with van der Waals surface area (Å²) in [6, 6.07) is 0. The van der Waals surface area contributed by atoms with Gasteiger partial charge >= 0.3 is 0 Å². The Hall–Kier alpha value is -1.55. The number of nitrogens with two attached hydrogens (primary N) is 1. The first-order chi connectivity index (χ1) is 6.72. The second-order valence-corrected chi connectivity index (χ2v) is 3.36. The fourth-order valence-corrected chi connectivity index (χ4v) is 1.68. The molecule has 4 heteroatoms. The number of carbonyl (C=O) groups is 1. The maximum absolute atomic E-state index is 11.7. The molecule has 0 aromatic heterocycles. The first-order valence-corrected chi connectivity index (χ1v) is 4.58. The molecule has 0 aromatic rings. The highest BCUT2D eigenvalue weighted by Gasteiger charge is 2.27. The van der Waals surface area contributed by atoms with E-state index in [9.17, 15) is 4.79 Å². The Morgan fingerprint density at radius 3 is 3.14 bits per heavy atom. The van der Waals surface area contributed by atoms with Crippen LogP contribution in [0.25, 0.3) is 0 Å². The van der Waals surface area contributed by atoms with E-state index in [2.05, 4.69) is 5.32 Å². The van der Waals surface area contributed by atoms with Crippen LogP contribution in [0.15, 0.2) is 35.7 Å². The highest BCUT2D eigenvalue weighted by atomic mass is 16.2. The lowest BCUT2D eigenvalue weighted by molar-refractivity contribution is -0.126. The Morgan fingerprint density at radius 2 is 2.43 bits per heavy atom. The molecule has 0 bridgehead atoms. The maximum Gasteiger partial charge on any atom is 0.254 e. The molecule has 14 heavy (non-hydrogen) atoms. The summed E-state index contributed by atoms with van der Waals surface area (Å²) in [5, 5.41) is 3.18. The Bertz CT molecular complexity index is 354. The summed E-state index contributed by atoms with van der Waals surface area (Å²) in [6.07, 6.45) is 7.27. The number of rotatable bonds is 1. The van der Waals surface area contributed by atoms with Gasteiger partial charge in [0.2, 0.25) is 0 Å². The molecule has 1 unspecified atom stereocenters. The molecule has 0 fully saturated rings. The number of hydrogen-bond acceptors (Lipinski definition) is 3. The second kappa shape index (κ2) is 3.31. The quantitative estimate of drug-likeness (QED) is 0.616. The number of amides is 1. The molecule has 3 N–H and O–H groups in total. The molecule has 0 saturated heterocycles. The third kappa shape index (κ3) is 1.33. The standard InChI is InChI=1S/C10H13N3O/c1-7-3-2-4-9-12-8(6-11)5-10(14)13(7)9/h2-5,9,12H,6,11H2,1H3. The van der Waals surface area contributed by atoms with Crippen molar-refractivity contribution in [2.24, 2.45) is 5.73 Å². The van der Waals surface area contributed by atoms with E-state index < -0.39 is 0 Å². The van der Waals surface area contributed by atoms with Gasteiger partial charge < -0.3 is 11.1 Å². The largest absolute Gasteiger partial charge is 0.364 e. The summed E-state index contributed by atoms with van der Waals surface area (Å²) < 4.78 is 0. The van der Waals surface area contributed by atoms with Crippen LogP contribution in [0.1, 0.15) is 6.92 Å². The van der Waals surface area contributed by atoms with Crippen LogP contribution in [0.5, 0.6) is 0 Å². The third-order valence-corrected chi connectivity index (χ3v) is 2.38. The minimum absolute atomic E-state index is 0.00713. The Morgan fingerprint density at radius 1 is 1.64 bits per heavy atom. The van der Waals surface area contributed by atoms with Crippen molar-refractivity contribution in [3.05, 3.63) is 35.7 Å². The van der Waals surface area contributed by atoms with Crippen LogP contribution >= 0.6 is 0 Å². The molecule has 2 rings (SSSR count). The number of carbonyl (C=O) groups excluding carboxylic acids is 1. The molecule has 74 valence electrons. The first kappa shape index (κ1) is 9.02. The molecule has 2 aliphatic heterocycles. The van der Waals surface area contributed by atoms with Crippen LogP contribution in [-0.4, -0.2) is 23.5 Å². The van der Waals surface area contributed by atoms with Crippen molar-refractivity contribution in [3.63, 3.8) is 0 Å². The van der Waals surface area contributed by atoms with Gasteiger partial charge in [-0.05, 0) is 19.1 Å². The summed E-state index contributed by atoms with van der Waals surface area (Å²) in [6.45, 7) is 2.28. The minimum Gasteiger partial charge on any atom is -0.364 e. The normalized spacial score (nSPS) is 25.1. The zero-order valence-electron chi connectivity index (χ0n) is 8.03. The SMILES string of the molecule is CC1=CC=CC2NC(CN)=CC(=O)N12. The van der Waals surface area contributed by atoms with Gasteiger partial charge in [0, 0.05) is 24.0 Å². The average molecular weight is 191 g/mol. The van der Waals surface area contributed by atoms with Gasteiger partial charge in [0.15, 0.2) is 0 Å². The Labute approximate surface area is 82.8 Å². The predicted molar refractivity (Wildman–Crippen MR) is 53.8 cm³/mol. The molecular formula is C10H13N3O. The molecule has 0 aromatic carbocycles. The molecule has 2 heterocycles. The lowest BCUT2D eigenvalue weighted by atomic mass is 10.1. The fraction of sp³-hybridized carbons (Fsp3) is 0.300. The van der Waals surface area contributed by atoms with E-state index in [1.165, 1.54) is 0 Å². The molecule has 0 saturated carbocycles. The van der Waals surface area contributed by atoms with Crippen LogP contribution < -0.4 is 11.1 Å². The van der Waals surface area contributed by atoms with Crippen molar-refractivity contribution >= 4 is 5.91 Å². The monoisotopic (exact) mass is 191 g/mol. The van der Waals surface area contributed by atoms with Gasteiger partial charge in [-0.3, -0.25) is 9.69 Å². The molecule has 2 aliphatic rings. The fourth-order valence-electron chi connectivity index (χ4n) is 1.68. The second-order valence-electron chi connectivity index (χ2n) is 3.36. The maximum atomic E-state index is 11.7. The van der Waals surface area contributed by atoms with Gasteiger partial charge in [-0.15, -0.1) is 0 Å². The van der Waals surface area contributed by atoms with Crippen molar-refractivity contribution < 1.29 is 4.79 Å². The molecule has 1 amide bonds. The van der Waals surface area contributed by atoms with Crippen LogP contribution in [0.4, 0.5) is 0 Å². The van der Waals surface area contributed by atoms with Crippen molar-refractivity contribution in [2.45, 2.75) is 13.1 Å². The minimum atomic E-state index is -0.0731. The lowest BCUT2D eigenvalue weighted by Crippen LogP contribution is -2.51. The smallest absolute Gasteiger partial charge is 0.254 e. The van der Waals surface area contributed by atoms with Crippen LogP contribution in [0, 0.1) is 0 Å². The van der Waals surface area contributed by atoms with E-state index in [4.69, 9.17) is 5.73 Å². The van der Waals surface area contributed by atoms with Gasteiger partial charge in [0.25, 0.3) is 5.91 Å². The molecular weight excluding hydrogens is 178 g/mol. The van der Waals surface area contributed by atoms with E-state index >= 15 is 0 Å². The number of hydrogen-bond donors (Lipinski definition) is 2. The summed E-state index contributed by atoms with van der Waals surface area (Å²) in [7, 11) is 0. The zero-order valence-corrected chi connectivity index (χ0v) is 8.03. The summed E-state index contributed by atoms with van der Waals surface area (Å²) in [5.74, 6) is -0.00713. The molecule has 0 aliphatic carbocycles. The zero-order chi connectivity index (χ0) is 10.1. The molecule has 4 nitrogen and oxygen atoms in total. The number of fused-ring (bicyclic) bond motifs is 1. The molecule has 0 spiro atoms. The van der Waals surface area contributed by atoms with Gasteiger partial charge in [-0.2, -0.15) is 0 Å². The van der Waals surface area contributed by atoms with Crippen molar-refractivity contribution in [3.8, 4) is 0 Å². The topological polar surface area (TPSA) is 58.4 Å². The van der Waals surface area contributed by atoms with Crippen LogP contribution in [-0.2, 0) is 4.79 Å². The summed E-state index contributed by atoms with van der Waals surface area (Å²) in [5.41, 5.74) is 7.22. The molecule has 1 atom stereocenters. The Balaban J connectivity index is 2.32. The van der Waals surface area contributed by atoms with Crippen molar-refractivity contribution in [1.29, 1.82) is 0 Å². The molecule has 0 radical (unpaired) electrons. The van der Waals surface area contributed by atoms with E-state index in [0.717, 1.165) is 11.4 Å². The van der Waals surface area contributed by atoms with Crippen LogP contribution in [0.3, 0.4) is 0 Å². The highest BCUT2D eigenvalue weighted by Crippen LogP contribution is 2.19. The van der Waals surface area contributed by atoms with Gasteiger partial charge in [-0.1, -0.05) is 6.08 Å². The number of nitrogens with zero attached hydrogens (tertiary/aromatic N) is 1. The highest BCUT2D eigenvalue weighted by molar-refractivity contribution is 5.91. The van der Waals surface area contributed by atoms with Gasteiger partial charge in [0.05, 0.1) is 0 Å². The number of allylic oxidation sites excluding steroid dienone is 3. The lowest BCUT2D eigenvalue weighted by Gasteiger charge is -2.36. The van der Waals surface area contributed by atoms with Gasteiger partial charge in [0.1, 0.15) is 6.17 Å². The number of nitrogens with one attached hydrogen (secondary N) is 1. The van der Waals surface area contributed by atoms with Crippen molar-refractivity contribution in [2.75, 3.05) is 6.54 Å². The predicted octanol–water partition coefficient (Wildman–Crippen LogP) is 0.0605. The van der Waals surface area contributed by atoms with E-state index in [0.29, 0.717) is 6.54 Å². The average Bonchev–Trinajstić information content (AvgIpc) is 2.17. The van der Waals surface area contributed by atoms with Crippen LogP contribution in [0.2, 0.25) is 0 Å². The Kier molecular flexibility index (Phi) is 2.13.